The molecular weight excluding hydrogens is 368 g/mol. The number of benzene rings is 2. The van der Waals surface area contributed by atoms with Crippen LogP contribution in [0.3, 0.4) is 0 Å². The summed E-state index contributed by atoms with van der Waals surface area (Å²) in [5.41, 5.74) is 1.72. The van der Waals surface area contributed by atoms with Gasteiger partial charge in [-0.2, -0.15) is 5.26 Å². The quantitative estimate of drug-likeness (QED) is 0.360. The number of allylic oxidation sites excluding steroid dienone is 1. The number of nitrogens with zero attached hydrogens (tertiary/aromatic N) is 4. The summed E-state index contributed by atoms with van der Waals surface area (Å²) in [6, 6.07) is 14.0. The van der Waals surface area contributed by atoms with Crippen LogP contribution in [0.4, 0.5) is 11.4 Å². The lowest BCUT2D eigenvalue weighted by Gasteiger charge is -1.98. The zero-order chi connectivity index (χ0) is 19.4. The number of hydrogen-bond acceptors (Lipinski definition) is 7. The van der Waals surface area contributed by atoms with Crippen LogP contribution in [0, 0.1) is 31.6 Å². The van der Waals surface area contributed by atoms with Crippen LogP contribution in [0.15, 0.2) is 53.9 Å². The van der Waals surface area contributed by atoms with Crippen molar-refractivity contribution in [3.05, 3.63) is 84.7 Å². The van der Waals surface area contributed by atoms with Crippen LogP contribution < -0.4 is 0 Å². The number of hydrogen-bond donors (Lipinski definition) is 0. The van der Waals surface area contributed by atoms with Crippen LogP contribution in [0.5, 0.6) is 0 Å². The number of non-ortho nitro benzene ring substituents is 2. The average Bonchev–Trinajstić information content (AvgIpc) is 3.16. The van der Waals surface area contributed by atoms with E-state index in [1.807, 2.05) is 6.07 Å². The monoisotopic (exact) mass is 378 g/mol. The van der Waals surface area contributed by atoms with Gasteiger partial charge >= 0.3 is 0 Å². The van der Waals surface area contributed by atoms with Gasteiger partial charge in [0.25, 0.3) is 11.4 Å². The third kappa shape index (κ3) is 4.02. The van der Waals surface area contributed by atoms with Crippen molar-refractivity contribution in [1.82, 2.24) is 4.98 Å². The van der Waals surface area contributed by atoms with Gasteiger partial charge in [-0.3, -0.25) is 20.2 Å². The fourth-order valence-corrected chi connectivity index (χ4v) is 3.14. The highest BCUT2D eigenvalue weighted by Crippen LogP contribution is 2.29. The van der Waals surface area contributed by atoms with Gasteiger partial charge in [-0.25, -0.2) is 4.98 Å². The van der Waals surface area contributed by atoms with Crippen LogP contribution in [-0.4, -0.2) is 14.8 Å². The minimum atomic E-state index is -0.507. The Balaban J connectivity index is 1.96. The molecule has 0 N–H and O–H groups in total. The molecule has 0 aliphatic carbocycles. The lowest BCUT2D eigenvalue weighted by molar-refractivity contribution is -0.385. The molecule has 0 atom stereocenters. The summed E-state index contributed by atoms with van der Waals surface area (Å²) >= 11 is 1.22. The summed E-state index contributed by atoms with van der Waals surface area (Å²) < 4.78 is 0. The molecule has 0 saturated heterocycles. The molecule has 132 valence electrons. The minimum Gasteiger partial charge on any atom is -0.258 e. The lowest BCUT2D eigenvalue weighted by atomic mass is 10.1. The molecule has 1 heterocycles. The Morgan fingerprint density at radius 3 is 2.41 bits per heavy atom. The molecule has 0 radical (unpaired) electrons. The standard InChI is InChI=1S/C18H10N4O4S/c19-10-14(7-12-3-1-5-15(8-12)21(23)24)18-20-17(11-27-18)13-4-2-6-16(9-13)22(25)26/h1-9,11H/b14-7-. The van der Waals surface area contributed by atoms with Crippen molar-refractivity contribution in [3.63, 3.8) is 0 Å². The van der Waals surface area contributed by atoms with Crippen molar-refractivity contribution < 1.29 is 9.85 Å². The van der Waals surface area contributed by atoms with E-state index >= 15 is 0 Å². The van der Waals surface area contributed by atoms with E-state index in [0.717, 1.165) is 0 Å². The Hall–Kier alpha value is -3.90. The van der Waals surface area contributed by atoms with Crippen molar-refractivity contribution in [3.8, 4) is 17.3 Å². The molecule has 0 aliphatic rings. The van der Waals surface area contributed by atoms with Crippen LogP contribution in [0.1, 0.15) is 10.6 Å². The molecule has 2 aromatic carbocycles. The highest BCUT2D eigenvalue weighted by Gasteiger charge is 2.13. The average molecular weight is 378 g/mol. The zero-order valence-corrected chi connectivity index (χ0v) is 14.4. The fraction of sp³-hybridized carbons (Fsp3) is 0. The van der Waals surface area contributed by atoms with E-state index in [9.17, 15) is 25.5 Å². The Bertz CT molecular complexity index is 1110. The maximum Gasteiger partial charge on any atom is 0.270 e. The minimum absolute atomic E-state index is 0.0466. The van der Waals surface area contributed by atoms with Crippen molar-refractivity contribution in [2.24, 2.45) is 0 Å². The second kappa shape index (κ2) is 7.55. The highest BCUT2D eigenvalue weighted by atomic mass is 32.1. The van der Waals surface area contributed by atoms with E-state index in [1.54, 1.807) is 23.6 Å². The van der Waals surface area contributed by atoms with Gasteiger partial charge in [0.1, 0.15) is 11.1 Å². The number of rotatable bonds is 5. The Morgan fingerprint density at radius 2 is 1.74 bits per heavy atom. The molecule has 0 aliphatic heterocycles. The summed E-state index contributed by atoms with van der Waals surface area (Å²) in [5, 5.41) is 33.4. The van der Waals surface area contributed by atoms with Gasteiger partial charge in [0.2, 0.25) is 0 Å². The van der Waals surface area contributed by atoms with E-state index in [4.69, 9.17) is 0 Å². The van der Waals surface area contributed by atoms with Crippen LogP contribution in [-0.2, 0) is 0 Å². The number of nitriles is 1. The molecule has 8 nitrogen and oxygen atoms in total. The Kier molecular flexibility index (Phi) is 5.01. The lowest BCUT2D eigenvalue weighted by Crippen LogP contribution is -1.89. The first-order valence-corrected chi connectivity index (χ1v) is 8.43. The predicted molar refractivity (Wildman–Crippen MR) is 101 cm³/mol. The summed E-state index contributed by atoms with van der Waals surface area (Å²) in [6.07, 6.45) is 1.52. The van der Waals surface area contributed by atoms with Gasteiger partial charge < -0.3 is 0 Å². The fourth-order valence-electron chi connectivity index (χ4n) is 2.35. The number of nitro groups is 2. The van der Waals surface area contributed by atoms with Crippen LogP contribution in [0.25, 0.3) is 22.9 Å². The first-order chi connectivity index (χ1) is 13.0. The topological polar surface area (TPSA) is 123 Å². The molecule has 0 spiro atoms. The summed E-state index contributed by atoms with van der Waals surface area (Å²) in [5.74, 6) is 0. The summed E-state index contributed by atoms with van der Waals surface area (Å²) in [6.45, 7) is 0. The molecule has 9 heteroatoms. The summed E-state index contributed by atoms with van der Waals surface area (Å²) in [7, 11) is 0. The highest BCUT2D eigenvalue weighted by molar-refractivity contribution is 7.11. The van der Waals surface area contributed by atoms with Crippen molar-refractivity contribution in [2.45, 2.75) is 0 Å². The third-order valence-corrected chi connectivity index (χ3v) is 4.48. The van der Waals surface area contributed by atoms with E-state index < -0.39 is 9.85 Å². The van der Waals surface area contributed by atoms with Gasteiger partial charge in [-0.1, -0.05) is 24.3 Å². The Labute approximate surface area is 157 Å². The van der Waals surface area contributed by atoms with Crippen molar-refractivity contribution in [2.75, 3.05) is 0 Å². The molecule has 27 heavy (non-hydrogen) atoms. The number of thiazole rings is 1. The SMILES string of the molecule is N#C/C(=C/c1cccc([N+](=O)[O-])c1)c1nc(-c2cccc([N+](=O)[O-])c2)cs1. The second-order valence-corrected chi connectivity index (χ2v) is 6.23. The molecule has 0 fully saturated rings. The normalized spacial score (nSPS) is 11.0. The van der Waals surface area contributed by atoms with E-state index in [1.165, 1.54) is 47.7 Å². The van der Waals surface area contributed by atoms with Gasteiger partial charge in [0.15, 0.2) is 0 Å². The molecule has 0 unspecified atom stereocenters. The van der Waals surface area contributed by atoms with Crippen molar-refractivity contribution in [1.29, 1.82) is 5.26 Å². The van der Waals surface area contributed by atoms with E-state index in [0.29, 0.717) is 21.8 Å². The predicted octanol–water partition coefficient (Wildman–Crippen LogP) is 4.69. The second-order valence-electron chi connectivity index (χ2n) is 5.37. The van der Waals surface area contributed by atoms with Crippen LogP contribution >= 0.6 is 11.3 Å². The van der Waals surface area contributed by atoms with Crippen molar-refractivity contribution >= 4 is 34.4 Å². The molecule has 3 aromatic rings. The third-order valence-electron chi connectivity index (χ3n) is 3.60. The molecule has 3 rings (SSSR count). The van der Waals surface area contributed by atoms with Gasteiger partial charge in [-0.05, 0) is 11.6 Å². The number of aromatic nitrogens is 1. The largest absolute Gasteiger partial charge is 0.270 e. The van der Waals surface area contributed by atoms with Crippen LogP contribution in [0.2, 0.25) is 0 Å². The Morgan fingerprint density at radius 1 is 1.07 bits per heavy atom. The molecule has 0 bridgehead atoms. The smallest absolute Gasteiger partial charge is 0.258 e. The maximum atomic E-state index is 10.9. The van der Waals surface area contributed by atoms with Gasteiger partial charge in [0.05, 0.1) is 21.1 Å². The first-order valence-electron chi connectivity index (χ1n) is 7.55. The van der Waals surface area contributed by atoms with Gasteiger partial charge in [0, 0.05) is 35.2 Å². The van der Waals surface area contributed by atoms with E-state index in [-0.39, 0.29) is 16.9 Å². The first kappa shape index (κ1) is 17.9. The molecule has 0 amide bonds. The molecular formula is C18H10N4O4S. The zero-order valence-electron chi connectivity index (χ0n) is 13.6. The summed E-state index contributed by atoms with van der Waals surface area (Å²) in [4.78, 5) is 25.2. The van der Waals surface area contributed by atoms with Gasteiger partial charge in [-0.15, -0.1) is 11.3 Å². The molecule has 1 aromatic heterocycles. The number of nitro benzene ring substituents is 2. The van der Waals surface area contributed by atoms with E-state index in [2.05, 4.69) is 4.98 Å². The molecule has 0 saturated carbocycles. The maximum absolute atomic E-state index is 10.9.